The van der Waals surface area contributed by atoms with Crippen LogP contribution in [-0.4, -0.2) is 37.0 Å². The van der Waals surface area contributed by atoms with Crippen LogP contribution in [0.4, 0.5) is 0 Å². The normalized spacial score (nSPS) is 14.4. The van der Waals surface area contributed by atoms with Gasteiger partial charge in [-0.05, 0) is 0 Å². The number of benzene rings is 3. The maximum atomic E-state index is 14.8. The van der Waals surface area contributed by atoms with Crippen LogP contribution < -0.4 is 10.4 Å². The topological polar surface area (TPSA) is 26.3 Å². The van der Waals surface area contributed by atoms with Gasteiger partial charge >= 0.3 is 286 Å². The van der Waals surface area contributed by atoms with Crippen molar-refractivity contribution >= 4 is 47.9 Å². The summed E-state index contributed by atoms with van der Waals surface area (Å²) in [5.41, 5.74) is 1.21. The van der Waals surface area contributed by atoms with Crippen LogP contribution in [-0.2, 0) is 15.2 Å². The van der Waals surface area contributed by atoms with Crippen LogP contribution in [0.25, 0.3) is 0 Å². The second kappa shape index (κ2) is 18.2. The molecule has 3 rings (SSSR count). The van der Waals surface area contributed by atoms with E-state index < -0.39 is 37.5 Å². The molecular formula is C40H60O2SSiSn. The van der Waals surface area contributed by atoms with Crippen molar-refractivity contribution in [1.82, 2.24) is 0 Å². The molecule has 2 atom stereocenters. The van der Waals surface area contributed by atoms with Crippen molar-refractivity contribution in [2.24, 2.45) is 0 Å². The van der Waals surface area contributed by atoms with Crippen LogP contribution in [0.5, 0.6) is 0 Å². The van der Waals surface area contributed by atoms with Gasteiger partial charge in [0.25, 0.3) is 0 Å². The first kappa shape index (κ1) is 38.0. The molecule has 45 heavy (non-hydrogen) atoms. The molecule has 0 fully saturated rings. The summed E-state index contributed by atoms with van der Waals surface area (Å²) < 4.78 is 27.5. The van der Waals surface area contributed by atoms with Gasteiger partial charge in [-0.2, -0.15) is 0 Å². The third-order valence-corrected chi connectivity index (χ3v) is 35.1. The van der Waals surface area contributed by atoms with Crippen molar-refractivity contribution in [3.8, 4) is 0 Å². The van der Waals surface area contributed by atoms with Crippen LogP contribution in [0.3, 0.4) is 0 Å². The number of unbranched alkanes of at least 4 members (excludes halogenated alkanes) is 3. The number of aryl methyl sites for hydroxylation is 1. The first-order chi connectivity index (χ1) is 21.5. The SMILES string of the molecule is CCC[CH2][Sn]([CH2]CCC)([CH2]CCC)/[C](=C\CC(C)O[Si](c1ccccc1)(c1ccccc1)C(C)(C)C)S(=O)c1ccc(C)cc1. The Kier molecular flexibility index (Phi) is 15.3. The molecule has 246 valence electrons. The fraction of sp³-hybridized carbons (Fsp3) is 0.500. The average molecular weight is 752 g/mol. The molecule has 2 unspecified atom stereocenters. The summed E-state index contributed by atoms with van der Waals surface area (Å²) in [5, 5.41) is 2.55. The summed E-state index contributed by atoms with van der Waals surface area (Å²) in [7, 11) is -3.81. The number of hydrogen-bond acceptors (Lipinski definition) is 2. The van der Waals surface area contributed by atoms with E-state index in [0.717, 1.165) is 11.3 Å². The molecule has 0 aliphatic rings. The Hall–Kier alpha value is -1.47. The molecule has 3 aromatic rings. The molecule has 0 saturated carbocycles. The Bertz CT molecular complexity index is 1270. The third-order valence-electron chi connectivity index (χ3n) is 9.41. The van der Waals surface area contributed by atoms with Gasteiger partial charge in [-0.3, -0.25) is 0 Å². The summed E-state index contributed by atoms with van der Waals surface area (Å²) in [6.07, 6.45) is 10.6. The van der Waals surface area contributed by atoms with Gasteiger partial charge in [0.1, 0.15) is 0 Å². The minimum atomic E-state index is -3.02. The second-order valence-corrected chi connectivity index (χ2v) is 33.9. The van der Waals surface area contributed by atoms with Crippen molar-refractivity contribution in [2.45, 2.75) is 130 Å². The van der Waals surface area contributed by atoms with E-state index in [1.54, 1.807) is 0 Å². The van der Waals surface area contributed by atoms with Crippen molar-refractivity contribution in [3.05, 3.63) is 99.5 Å². The molecule has 0 aliphatic heterocycles. The zero-order valence-electron chi connectivity index (χ0n) is 29.5. The zero-order valence-corrected chi connectivity index (χ0v) is 34.2. The van der Waals surface area contributed by atoms with Gasteiger partial charge in [-0.15, -0.1) is 0 Å². The average Bonchev–Trinajstić information content (AvgIpc) is 3.04. The van der Waals surface area contributed by atoms with E-state index in [9.17, 15) is 4.21 Å². The van der Waals surface area contributed by atoms with Crippen molar-refractivity contribution in [1.29, 1.82) is 0 Å². The van der Waals surface area contributed by atoms with Gasteiger partial charge in [0.05, 0.1) is 0 Å². The zero-order chi connectivity index (χ0) is 32.9. The van der Waals surface area contributed by atoms with E-state index in [0.29, 0.717) is 0 Å². The van der Waals surface area contributed by atoms with E-state index in [4.69, 9.17) is 4.43 Å². The van der Waals surface area contributed by atoms with Gasteiger partial charge < -0.3 is 0 Å². The Morgan fingerprint density at radius 2 is 1.22 bits per heavy atom. The predicted octanol–water partition coefficient (Wildman–Crippen LogP) is 10.7. The monoisotopic (exact) mass is 752 g/mol. The third kappa shape index (κ3) is 9.78. The fourth-order valence-electron chi connectivity index (χ4n) is 6.88. The fourth-order valence-corrected chi connectivity index (χ4v) is 33.9. The van der Waals surface area contributed by atoms with Crippen LogP contribution in [0, 0.1) is 6.92 Å². The Morgan fingerprint density at radius 3 is 1.62 bits per heavy atom. The van der Waals surface area contributed by atoms with Gasteiger partial charge in [0.15, 0.2) is 0 Å². The molecule has 0 aromatic heterocycles. The Labute approximate surface area is 283 Å². The van der Waals surface area contributed by atoms with Crippen LogP contribution >= 0.6 is 0 Å². The van der Waals surface area contributed by atoms with Crippen molar-refractivity contribution in [3.63, 3.8) is 0 Å². The molecule has 2 nitrogen and oxygen atoms in total. The van der Waals surface area contributed by atoms with E-state index >= 15 is 0 Å². The predicted molar refractivity (Wildman–Crippen MR) is 203 cm³/mol. The van der Waals surface area contributed by atoms with Crippen LogP contribution in [0.15, 0.2) is 98.8 Å². The summed E-state index contributed by atoms with van der Waals surface area (Å²) in [6, 6.07) is 30.4. The first-order valence-corrected chi connectivity index (χ1v) is 28.1. The molecule has 0 amide bonds. The van der Waals surface area contributed by atoms with Crippen molar-refractivity contribution in [2.75, 3.05) is 0 Å². The molecule has 0 heterocycles. The molecule has 5 heteroatoms. The second-order valence-electron chi connectivity index (χ2n) is 14.1. The molecule has 3 aromatic carbocycles. The van der Waals surface area contributed by atoms with E-state index in [1.165, 1.54) is 70.7 Å². The van der Waals surface area contributed by atoms with E-state index in [-0.39, 0.29) is 11.1 Å². The Balaban J connectivity index is 2.15. The van der Waals surface area contributed by atoms with Crippen LogP contribution in [0.2, 0.25) is 18.3 Å². The molecule has 0 bridgehead atoms. The Morgan fingerprint density at radius 1 is 0.778 bits per heavy atom. The maximum absolute atomic E-state index is 14.8. The molecule has 0 aliphatic carbocycles. The van der Waals surface area contributed by atoms with Gasteiger partial charge in [-0.1, -0.05) is 0 Å². The van der Waals surface area contributed by atoms with E-state index in [1.807, 2.05) is 0 Å². The summed E-state index contributed by atoms with van der Waals surface area (Å²) in [6.45, 7) is 18.4. The molecule has 0 spiro atoms. The van der Waals surface area contributed by atoms with Gasteiger partial charge in [-0.25, -0.2) is 0 Å². The standard InChI is InChI=1S/C28H33O2SSi.3C4H9.Sn/c1-23-18-20-25(21-19-23)31(29)22-12-13-24(2)30-32(28(3,4)5,26-14-8-6-9-15-26)27-16-10-7-11-17-27;3*1-3-4-2;/h6-12,14-21,24H,13H2,1-5H3;3*1,3-4H2,2H3;. The quantitative estimate of drug-likeness (QED) is 0.121. The van der Waals surface area contributed by atoms with E-state index in [2.05, 4.69) is 146 Å². The summed E-state index contributed by atoms with van der Waals surface area (Å²) in [5.74, 6) is 0. The summed E-state index contributed by atoms with van der Waals surface area (Å²) in [4.78, 5) is 0.970. The molecular weight excluding hydrogens is 691 g/mol. The molecule has 0 saturated heterocycles. The van der Waals surface area contributed by atoms with Gasteiger partial charge in [0.2, 0.25) is 0 Å². The summed E-state index contributed by atoms with van der Waals surface area (Å²) >= 11 is -3.02. The minimum absolute atomic E-state index is 0.00571. The molecule has 0 radical (unpaired) electrons. The van der Waals surface area contributed by atoms with Crippen molar-refractivity contribution < 1.29 is 8.63 Å². The van der Waals surface area contributed by atoms with Gasteiger partial charge in [0, 0.05) is 0 Å². The van der Waals surface area contributed by atoms with Crippen LogP contribution in [0.1, 0.15) is 99.0 Å². The molecule has 0 N–H and O–H groups in total. The first-order valence-electron chi connectivity index (χ1n) is 17.5. The number of hydrogen-bond donors (Lipinski definition) is 0. The number of rotatable bonds is 18.